The van der Waals surface area contributed by atoms with Crippen LogP contribution in [0.3, 0.4) is 0 Å². The molecule has 3 heterocycles. The van der Waals surface area contributed by atoms with Crippen molar-refractivity contribution in [1.29, 1.82) is 0 Å². The third-order valence-electron chi connectivity index (χ3n) is 6.09. The van der Waals surface area contributed by atoms with E-state index in [1.54, 1.807) is 11.6 Å². The summed E-state index contributed by atoms with van der Waals surface area (Å²) < 4.78 is 38.1. The third-order valence-corrected chi connectivity index (χ3v) is 6.99. The minimum atomic E-state index is -4.55. The molecule has 204 valence electrons. The van der Waals surface area contributed by atoms with Gasteiger partial charge < -0.3 is 26.4 Å². The smallest absolute Gasteiger partial charge is 0.362 e. The normalized spacial score (nSPS) is 23.4. The van der Waals surface area contributed by atoms with Crippen LogP contribution in [0.2, 0.25) is 0 Å². The number of fused-ring (bicyclic) bond motifs is 1. The molecule has 2 aromatic heterocycles. The average molecular weight is 540 g/mol. The Morgan fingerprint density at radius 1 is 1.32 bits per heavy atom. The zero-order valence-electron chi connectivity index (χ0n) is 20.9. The van der Waals surface area contributed by atoms with E-state index >= 15 is 0 Å². The Hall–Kier alpha value is -2.87. The molecule has 1 saturated heterocycles. The van der Waals surface area contributed by atoms with Gasteiger partial charge in [0.25, 0.3) is 5.91 Å². The van der Waals surface area contributed by atoms with Crippen LogP contribution in [0.4, 0.5) is 5.82 Å². The number of ether oxygens (including phenoxy) is 1. The predicted octanol–water partition coefficient (Wildman–Crippen LogP) is -0.680. The number of hydrogen-bond donors (Lipinski definition) is 5. The zero-order valence-corrected chi connectivity index (χ0v) is 21.7. The van der Waals surface area contributed by atoms with E-state index in [-0.39, 0.29) is 28.7 Å². The van der Waals surface area contributed by atoms with Crippen LogP contribution < -0.4 is 16.2 Å². The molecule has 14 nitrogen and oxygen atoms in total. The number of aromatic nitrogens is 4. The van der Waals surface area contributed by atoms with Crippen LogP contribution in [0.25, 0.3) is 11.2 Å². The van der Waals surface area contributed by atoms with Gasteiger partial charge in [-0.25, -0.2) is 19.7 Å². The average Bonchev–Trinajstić information content (AvgIpc) is 3.40. The summed E-state index contributed by atoms with van der Waals surface area (Å²) in [4.78, 5) is 24.7. The highest BCUT2D eigenvalue weighted by Crippen LogP contribution is 2.32. The molecule has 0 bridgehead atoms. The van der Waals surface area contributed by atoms with E-state index in [1.165, 1.54) is 10.9 Å². The van der Waals surface area contributed by atoms with Gasteiger partial charge in [-0.05, 0) is 18.3 Å². The van der Waals surface area contributed by atoms with E-state index in [2.05, 4.69) is 33.7 Å². The summed E-state index contributed by atoms with van der Waals surface area (Å²) in [5.41, 5.74) is 12.2. The number of anilines is 1. The van der Waals surface area contributed by atoms with Crippen molar-refractivity contribution in [1.82, 2.24) is 24.2 Å². The zero-order chi connectivity index (χ0) is 27.3. The van der Waals surface area contributed by atoms with Crippen molar-refractivity contribution >= 4 is 33.2 Å². The summed E-state index contributed by atoms with van der Waals surface area (Å²) in [6.07, 6.45) is -1.00. The molecular formula is C22H33N7O7S. The monoisotopic (exact) mass is 539 g/mol. The van der Waals surface area contributed by atoms with Crippen LogP contribution in [0.15, 0.2) is 6.33 Å². The van der Waals surface area contributed by atoms with Crippen molar-refractivity contribution in [3.05, 3.63) is 12.2 Å². The Morgan fingerprint density at radius 2 is 2.05 bits per heavy atom. The van der Waals surface area contributed by atoms with Crippen molar-refractivity contribution in [3.63, 3.8) is 0 Å². The number of nitrogens with one attached hydrogen (secondary N) is 1. The molecule has 7 N–H and O–H groups in total. The number of unbranched alkanes of at least 4 members (excludes halogenated alkanes) is 2. The number of hydrogen-bond acceptors (Lipinski definition) is 12. The summed E-state index contributed by atoms with van der Waals surface area (Å²) in [5, 5.41) is 21.1. The summed E-state index contributed by atoms with van der Waals surface area (Å²) in [6.45, 7) is 4.89. The molecular weight excluding hydrogens is 506 g/mol. The summed E-state index contributed by atoms with van der Waals surface area (Å²) in [7, 11) is -4.55. The molecule has 1 amide bonds. The molecule has 6 atom stereocenters. The number of nitrogens with two attached hydrogens (primary N) is 2. The minimum Gasteiger partial charge on any atom is -0.387 e. The first-order valence-corrected chi connectivity index (χ1v) is 13.4. The number of imidazole rings is 1. The van der Waals surface area contributed by atoms with Gasteiger partial charge >= 0.3 is 10.3 Å². The molecule has 3 rings (SSSR count). The van der Waals surface area contributed by atoms with Crippen LogP contribution in [0.5, 0.6) is 0 Å². The molecule has 1 aliphatic heterocycles. The second-order valence-electron chi connectivity index (χ2n) is 8.82. The number of aliphatic hydroxyl groups excluding tert-OH is 2. The van der Waals surface area contributed by atoms with Gasteiger partial charge in [-0.15, -0.1) is 0 Å². The molecule has 1 fully saturated rings. The Bertz CT molecular complexity index is 1270. The molecule has 1 aliphatic rings. The molecule has 0 radical (unpaired) electrons. The third kappa shape index (κ3) is 6.72. The maximum Gasteiger partial charge on any atom is 0.362 e. The fourth-order valence-corrected chi connectivity index (χ4v) is 4.33. The quantitative estimate of drug-likeness (QED) is 0.187. The second-order valence-corrected chi connectivity index (χ2v) is 10.2. The van der Waals surface area contributed by atoms with E-state index in [1.807, 2.05) is 6.92 Å². The van der Waals surface area contributed by atoms with Gasteiger partial charge in [0.15, 0.2) is 17.7 Å². The lowest BCUT2D eigenvalue weighted by molar-refractivity contribution is -0.121. The van der Waals surface area contributed by atoms with E-state index in [0.29, 0.717) is 12.8 Å². The lowest BCUT2D eigenvalue weighted by Crippen LogP contribution is -2.47. The fourth-order valence-electron chi connectivity index (χ4n) is 3.57. The van der Waals surface area contributed by atoms with Gasteiger partial charge in [-0.1, -0.05) is 39.5 Å². The Balaban J connectivity index is 1.73. The summed E-state index contributed by atoms with van der Waals surface area (Å²) >= 11 is 0. The highest BCUT2D eigenvalue weighted by atomic mass is 32.2. The van der Waals surface area contributed by atoms with E-state index < -0.39 is 53.4 Å². The Morgan fingerprint density at radius 3 is 2.73 bits per heavy atom. The van der Waals surface area contributed by atoms with Gasteiger partial charge in [0.2, 0.25) is 5.82 Å². The lowest BCUT2D eigenvalue weighted by atomic mass is 10.00. The van der Waals surface area contributed by atoms with Gasteiger partial charge in [0, 0.05) is 6.42 Å². The largest absolute Gasteiger partial charge is 0.387 e. The van der Waals surface area contributed by atoms with Gasteiger partial charge in [-0.2, -0.15) is 8.42 Å². The van der Waals surface area contributed by atoms with Gasteiger partial charge in [0.05, 0.1) is 19.0 Å². The van der Waals surface area contributed by atoms with Crippen molar-refractivity contribution in [2.75, 3.05) is 12.3 Å². The SMILES string of the molecule is CCCCC#Cc1nc(N)c2ncn(C3O[C@H](COS(=O)(=O)NC(=O)[C@@H](N)[C@@H](C)CC)[C@@H](O)[C@H]3O)c2n1. The van der Waals surface area contributed by atoms with Crippen molar-refractivity contribution in [2.45, 2.75) is 77.0 Å². The fraction of sp³-hybridized carbons (Fsp3) is 0.636. The maximum absolute atomic E-state index is 12.2. The summed E-state index contributed by atoms with van der Waals surface area (Å²) in [5.74, 6) is 4.88. The number of carbonyl (C=O) groups is 1. The standard InChI is InChI=1S/C22H33N7O7S/c1-4-6-7-8-9-14-26-19(24)16-20(27-14)29(11-25-16)22-18(31)17(30)13(36-22)10-35-37(33,34)28-21(32)15(23)12(3)5-2/h11-13,15,17-18,22,30-31H,4-7,10,23H2,1-3H3,(H,28,32)(H2,24,26,27)/t12-,13+,15-,17+,18+,22?/m0/s1. The topological polar surface area (TPSA) is 218 Å². The predicted molar refractivity (Wildman–Crippen MR) is 133 cm³/mol. The highest BCUT2D eigenvalue weighted by molar-refractivity contribution is 7.85. The molecule has 37 heavy (non-hydrogen) atoms. The Labute approximate surface area is 215 Å². The first kappa shape index (κ1) is 28.7. The first-order chi connectivity index (χ1) is 17.5. The Kier molecular flexibility index (Phi) is 9.40. The molecule has 15 heteroatoms. The first-order valence-electron chi connectivity index (χ1n) is 12.0. The van der Waals surface area contributed by atoms with Crippen LogP contribution >= 0.6 is 0 Å². The number of nitrogens with zero attached hydrogens (tertiary/aromatic N) is 4. The van der Waals surface area contributed by atoms with E-state index in [4.69, 9.17) is 20.4 Å². The molecule has 0 spiro atoms. The lowest BCUT2D eigenvalue weighted by Gasteiger charge is -2.18. The molecule has 1 unspecified atom stereocenters. The number of amides is 1. The number of aliphatic hydroxyl groups is 2. The van der Waals surface area contributed by atoms with Crippen LogP contribution in [-0.4, -0.2) is 75.0 Å². The van der Waals surface area contributed by atoms with Gasteiger partial charge in [-0.3, -0.25) is 13.5 Å². The van der Waals surface area contributed by atoms with Crippen molar-refractivity contribution in [2.24, 2.45) is 11.7 Å². The highest BCUT2D eigenvalue weighted by Gasteiger charge is 2.45. The minimum absolute atomic E-state index is 0.0777. The number of carbonyl (C=O) groups excluding carboxylic acids is 1. The number of nitrogen functional groups attached to an aromatic ring is 1. The van der Waals surface area contributed by atoms with Gasteiger partial charge in [0.1, 0.15) is 23.8 Å². The van der Waals surface area contributed by atoms with E-state index in [0.717, 1.165) is 12.8 Å². The van der Waals surface area contributed by atoms with Crippen molar-refractivity contribution in [3.8, 4) is 11.8 Å². The number of rotatable bonds is 10. The van der Waals surface area contributed by atoms with Crippen molar-refractivity contribution < 1.29 is 32.3 Å². The van der Waals surface area contributed by atoms with Crippen LogP contribution in [0, 0.1) is 17.8 Å². The molecule has 0 aromatic carbocycles. The molecule has 0 aliphatic carbocycles. The molecule has 2 aromatic rings. The second kappa shape index (κ2) is 12.1. The summed E-state index contributed by atoms with van der Waals surface area (Å²) in [6, 6.07) is -1.05. The maximum atomic E-state index is 12.2. The van der Waals surface area contributed by atoms with E-state index in [9.17, 15) is 23.4 Å². The molecule has 0 saturated carbocycles. The van der Waals surface area contributed by atoms with Crippen LogP contribution in [0.1, 0.15) is 58.5 Å². The van der Waals surface area contributed by atoms with Crippen LogP contribution in [-0.2, 0) is 24.0 Å².